The minimum Gasteiger partial charge on any atom is -0.0842 e. The van der Waals surface area contributed by atoms with Gasteiger partial charge in [-0.25, -0.2) is 0 Å². The Kier molecular flexibility index (Phi) is 2.46. The molecule has 0 amide bonds. The van der Waals surface area contributed by atoms with Crippen LogP contribution in [0.4, 0.5) is 0 Å². The summed E-state index contributed by atoms with van der Waals surface area (Å²) in [5.74, 6) is 0. The summed E-state index contributed by atoms with van der Waals surface area (Å²) < 4.78 is 0. The fraction of sp³-hybridized carbons (Fsp3) is 0.538. The number of halogens is 1. The van der Waals surface area contributed by atoms with E-state index in [1.165, 1.54) is 18.4 Å². The summed E-state index contributed by atoms with van der Waals surface area (Å²) in [4.78, 5) is 0.478. The summed E-state index contributed by atoms with van der Waals surface area (Å²) in [6.07, 6.45) is 2.54. The van der Waals surface area contributed by atoms with Gasteiger partial charge in [0.1, 0.15) is 0 Å². The zero-order chi connectivity index (χ0) is 10.3. The summed E-state index contributed by atoms with van der Waals surface area (Å²) in [5.41, 5.74) is 5.00. The summed E-state index contributed by atoms with van der Waals surface area (Å²) in [6.45, 7) is 6.91. The molecule has 2 rings (SSSR count). The van der Waals surface area contributed by atoms with Crippen molar-refractivity contribution in [2.75, 3.05) is 0 Å². The smallest absolute Gasteiger partial charge is 0.0369 e. The lowest BCUT2D eigenvalue weighted by molar-refractivity contribution is 0.522. The molecule has 0 fully saturated rings. The van der Waals surface area contributed by atoms with Gasteiger partial charge in [0.2, 0.25) is 0 Å². The van der Waals surface area contributed by atoms with Gasteiger partial charge in [-0.05, 0) is 41.9 Å². The van der Waals surface area contributed by atoms with Gasteiger partial charge in [0, 0.05) is 4.83 Å². The molecule has 1 heteroatoms. The van der Waals surface area contributed by atoms with Gasteiger partial charge in [-0.3, -0.25) is 0 Å². The second-order valence-electron chi connectivity index (χ2n) is 4.87. The largest absolute Gasteiger partial charge is 0.0842 e. The molecular formula is C13H17Br. The van der Waals surface area contributed by atoms with E-state index in [1.54, 1.807) is 11.1 Å². The maximum absolute atomic E-state index is 3.67. The number of hydrogen-bond acceptors (Lipinski definition) is 0. The van der Waals surface area contributed by atoms with Crippen LogP contribution in [-0.4, -0.2) is 0 Å². The van der Waals surface area contributed by atoms with Crippen molar-refractivity contribution in [2.45, 2.75) is 43.9 Å². The van der Waals surface area contributed by atoms with Gasteiger partial charge >= 0.3 is 0 Å². The highest BCUT2D eigenvalue weighted by Crippen LogP contribution is 2.42. The molecule has 14 heavy (non-hydrogen) atoms. The Morgan fingerprint density at radius 3 is 2.71 bits per heavy atom. The third-order valence-corrected chi connectivity index (χ3v) is 3.86. The Hall–Kier alpha value is -0.300. The van der Waals surface area contributed by atoms with Gasteiger partial charge in [-0.15, -0.1) is 0 Å². The van der Waals surface area contributed by atoms with Crippen LogP contribution in [0, 0.1) is 0 Å². The van der Waals surface area contributed by atoms with Crippen molar-refractivity contribution in [3.63, 3.8) is 0 Å². The summed E-state index contributed by atoms with van der Waals surface area (Å²) in [7, 11) is 0. The fourth-order valence-corrected chi connectivity index (χ4v) is 2.89. The van der Waals surface area contributed by atoms with Crippen LogP contribution in [-0.2, 0) is 11.8 Å². The molecule has 0 saturated heterocycles. The molecule has 0 radical (unpaired) electrons. The van der Waals surface area contributed by atoms with Crippen molar-refractivity contribution in [3.8, 4) is 0 Å². The van der Waals surface area contributed by atoms with E-state index in [-0.39, 0.29) is 0 Å². The van der Waals surface area contributed by atoms with Gasteiger partial charge in [0.15, 0.2) is 0 Å². The minimum atomic E-state index is 0.382. The van der Waals surface area contributed by atoms with Gasteiger partial charge in [-0.1, -0.05) is 48.0 Å². The van der Waals surface area contributed by atoms with E-state index in [1.807, 2.05) is 0 Å². The molecule has 0 aliphatic heterocycles. The standard InChI is InChI=1S/C13H17Br/c1-9(14)10-5-4-6-12-11(10)7-8-13(12,2)3/h4-6,9H,7-8H2,1-3H3. The topological polar surface area (TPSA) is 0 Å². The lowest BCUT2D eigenvalue weighted by Gasteiger charge is -2.19. The van der Waals surface area contributed by atoms with Gasteiger partial charge in [0.25, 0.3) is 0 Å². The van der Waals surface area contributed by atoms with Crippen molar-refractivity contribution < 1.29 is 0 Å². The second-order valence-corrected chi connectivity index (χ2v) is 6.25. The molecule has 1 unspecified atom stereocenters. The predicted octanol–water partition coefficient (Wildman–Crippen LogP) is 4.37. The van der Waals surface area contributed by atoms with Crippen LogP contribution in [0.5, 0.6) is 0 Å². The quantitative estimate of drug-likeness (QED) is 0.652. The average Bonchev–Trinajstić information content (AvgIpc) is 2.42. The molecule has 0 N–H and O–H groups in total. The molecule has 1 aromatic rings. The Morgan fingerprint density at radius 2 is 2.07 bits per heavy atom. The van der Waals surface area contributed by atoms with E-state index in [4.69, 9.17) is 0 Å². The van der Waals surface area contributed by atoms with Crippen LogP contribution in [0.2, 0.25) is 0 Å². The lowest BCUT2D eigenvalue weighted by Crippen LogP contribution is -2.11. The summed E-state index contributed by atoms with van der Waals surface area (Å²) >= 11 is 3.67. The number of rotatable bonds is 1. The lowest BCUT2D eigenvalue weighted by atomic mass is 9.86. The minimum absolute atomic E-state index is 0.382. The van der Waals surface area contributed by atoms with Crippen LogP contribution in [0.15, 0.2) is 18.2 Å². The molecule has 0 bridgehead atoms. The third kappa shape index (κ3) is 1.52. The first-order chi connectivity index (χ1) is 6.52. The molecule has 1 atom stereocenters. The maximum atomic E-state index is 3.67. The first kappa shape index (κ1) is 10.2. The van der Waals surface area contributed by atoms with Crippen molar-refractivity contribution in [1.82, 2.24) is 0 Å². The number of alkyl halides is 1. The van der Waals surface area contributed by atoms with Crippen molar-refractivity contribution in [1.29, 1.82) is 0 Å². The maximum Gasteiger partial charge on any atom is 0.0369 e. The zero-order valence-corrected chi connectivity index (χ0v) is 10.7. The van der Waals surface area contributed by atoms with Gasteiger partial charge < -0.3 is 0 Å². The van der Waals surface area contributed by atoms with Crippen LogP contribution in [0.25, 0.3) is 0 Å². The molecule has 1 aliphatic rings. The Labute approximate surface area is 94.8 Å². The Balaban J connectivity index is 2.56. The highest BCUT2D eigenvalue weighted by atomic mass is 79.9. The van der Waals surface area contributed by atoms with Gasteiger partial charge in [0.05, 0.1) is 0 Å². The van der Waals surface area contributed by atoms with Crippen LogP contribution in [0.1, 0.15) is 48.7 Å². The molecule has 0 saturated carbocycles. The van der Waals surface area contributed by atoms with Crippen molar-refractivity contribution >= 4 is 15.9 Å². The predicted molar refractivity (Wildman–Crippen MR) is 65.1 cm³/mol. The highest BCUT2D eigenvalue weighted by Gasteiger charge is 2.31. The molecule has 0 aromatic heterocycles. The SMILES string of the molecule is CC(Br)c1cccc2c1CCC2(C)C. The normalized spacial score (nSPS) is 20.6. The van der Waals surface area contributed by atoms with E-state index >= 15 is 0 Å². The third-order valence-electron chi connectivity index (χ3n) is 3.37. The average molecular weight is 253 g/mol. The van der Waals surface area contributed by atoms with Crippen molar-refractivity contribution in [3.05, 3.63) is 34.9 Å². The molecule has 76 valence electrons. The number of benzene rings is 1. The Bertz CT molecular complexity index is 350. The first-order valence-corrected chi connectivity index (χ1v) is 6.20. The first-order valence-electron chi connectivity index (χ1n) is 5.29. The van der Waals surface area contributed by atoms with Crippen LogP contribution >= 0.6 is 15.9 Å². The highest BCUT2D eigenvalue weighted by molar-refractivity contribution is 9.09. The molecule has 0 heterocycles. The molecule has 1 aliphatic carbocycles. The van der Waals surface area contributed by atoms with E-state index in [2.05, 4.69) is 54.9 Å². The van der Waals surface area contributed by atoms with Crippen LogP contribution in [0.3, 0.4) is 0 Å². The number of hydrogen-bond donors (Lipinski definition) is 0. The second kappa shape index (κ2) is 3.37. The summed E-state index contributed by atoms with van der Waals surface area (Å²) in [6, 6.07) is 6.74. The molecule has 0 spiro atoms. The van der Waals surface area contributed by atoms with Crippen molar-refractivity contribution in [2.24, 2.45) is 0 Å². The van der Waals surface area contributed by atoms with E-state index < -0.39 is 0 Å². The molecular weight excluding hydrogens is 236 g/mol. The van der Waals surface area contributed by atoms with E-state index in [9.17, 15) is 0 Å². The number of fused-ring (bicyclic) bond motifs is 1. The van der Waals surface area contributed by atoms with E-state index in [0.29, 0.717) is 10.2 Å². The van der Waals surface area contributed by atoms with Gasteiger partial charge in [-0.2, -0.15) is 0 Å². The monoisotopic (exact) mass is 252 g/mol. The Morgan fingerprint density at radius 1 is 1.36 bits per heavy atom. The van der Waals surface area contributed by atoms with E-state index in [0.717, 1.165) is 0 Å². The summed E-state index contributed by atoms with van der Waals surface area (Å²) in [5, 5.41) is 0. The van der Waals surface area contributed by atoms with Crippen LogP contribution < -0.4 is 0 Å². The molecule has 0 nitrogen and oxygen atoms in total. The zero-order valence-electron chi connectivity index (χ0n) is 9.10. The molecule has 1 aromatic carbocycles. The fourth-order valence-electron chi connectivity index (χ4n) is 2.46.